The molecule has 0 saturated heterocycles. The minimum Gasteiger partial charge on any atom is -0.348 e. The number of nitrogens with zero attached hydrogens (tertiary/aromatic N) is 2. The maximum atomic E-state index is 14.3. The Kier molecular flexibility index (Phi) is 2.58. The van der Waals surface area contributed by atoms with Gasteiger partial charge in [0.15, 0.2) is 0 Å². The van der Waals surface area contributed by atoms with E-state index >= 15 is 0 Å². The normalized spacial score (nSPS) is 17.0. The van der Waals surface area contributed by atoms with E-state index in [2.05, 4.69) is 4.99 Å². The van der Waals surface area contributed by atoms with Crippen LogP contribution in [0.2, 0.25) is 0 Å². The zero-order valence-electron chi connectivity index (χ0n) is 11.0. The molecule has 19 heavy (non-hydrogen) atoms. The molecule has 1 saturated carbocycles. The molecule has 1 aromatic heterocycles. The molecule has 0 radical (unpaired) electrons. The second-order valence-corrected chi connectivity index (χ2v) is 5.32. The lowest BCUT2D eigenvalue weighted by Crippen LogP contribution is -2.33. The second kappa shape index (κ2) is 4.04. The minimum absolute atomic E-state index is 0.281. The summed E-state index contributed by atoms with van der Waals surface area (Å²) in [7, 11) is 1.95. The summed E-state index contributed by atoms with van der Waals surface area (Å²) in [5.74, 6) is -0.281. The van der Waals surface area contributed by atoms with Crippen molar-refractivity contribution in [2.45, 2.75) is 31.7 Å². The summed E-state index contributed by atoms with van der Waals surface area (Å²) in [5.41, 5.74) is 1.89. The lowest BCUT2D eigenvalue weighted by molar-refractivity contribution is 0.248. The summed E-state index contributed by atoms with van der Waals surface area (Å²) < 4.78 is 16.3. The average Bonchev–Trinajstić information content (AvgIpc) is 2.59. The van der Waals surface area contributed by atoms with Crippen LogP contribution in [0.3, 0.4) is 0 Å². The zero-order chi connectivity index (χ0) is 13.6. The molecular weight excluding hydrogens is 243 g/mol. The van der Waals surface area contributed by atoms with E-state index in [1.54, 1.807) is 6.08 Å². The fourth-order valence-corrected chi connectivity index (χ4v) is 2.89. The first-order valence-corrected chi connectivity index (χ1v) is 6.42. The van der Waals surface area contributed by atoms with Gasteiger partial charge in [-0.2, -0.15) is 4.99 Å². The van der Waals surface area contributed by atoms with Crippen molar-refractivity contribution in [1.29, 1.82) is 0 Å². The number of aliphatic imine (C=N–C) groups is 1. The van der Waals surface area contributed by atoms with E-state index in [9.17, 15) is 9.18 Å². The quantitative estimate of drug-likeness (QED) is 0.601. The van der Waals surface area contributed by atoms with E-state index < -0.39 is 5.54 Å². The summed E-state index contributed by atoms with van der Waals surface area (Å²) in [6.07, 6.45) is 4.01. The summed E-state index contributed by atoms with van der Waals surface area (Å²) in [6.45, 7) is 1.99. The fourth-order valence-electron chi connectivity index (χ4n) is 2.89. The van der Waals surface area contributed by atoms with Crippen LogP contribution in [0.4, 0.5) is 4.39 Å². The van der Waals surface area contributed by atoms with Crippen molar-refractivity contribution in [3.05, 3.63) is 35.3 Å². The molecule has 0 bridgehead atoms. The SMILES string of the molecule is Cc1cc2cc(F)c(C3(N=C=O)CCC3)cc2n1C. The van der Waals surface area contributed by atoms with Gasteiger partial charge in [-0.1, -0.05) is 0 Å². The van der Waals surface area contributed by atoms with E-state index in [0.717, 1.165) is 23.0 Å². The predicted molar refractivity (Wildman–Crippen MR) is 71.3 cm³/mol. The van der Waals surface area contributed by atoms with Gasteiger partial charge < -0.3 is 4.57 Å². The second-order valence-electron chi connectivity index (χ2n) is 5.32. The van der Waals surface area contributed by atoms with Gasteiger partial charge in [-0.3, -0.25) is 0 Å². The Labute approximate surface area is 110 Å². The smallest absolute Gasteiger partial charge is 0.235 e. The Bertz CT molecular complexity index is 706. The summed E-state index contributed by atoms with van der Waals surface area (Å²) in [4.78, 5) is 14.5. The van der Waals surface area contributed by atoms with Crippen LogP contribution in [-0.2, 0) is 17.4 Å². The molecule has 0 N–H and O–H groups in total. The number of hydrogen-bond acceptors (Lipinski definition) is 2. The standard InChI is InChI=1S/C15H15FN2O/c1-10-6-11-7-13(16)12(8-14(11)18(10)2)15(17-9-19)4-3-5-15/h6-8H,3-5H2,1-2H3. The van der Waals surface area contributed by atoms with Crippen molar-refractivity contribution in [1.82, 2.24) is 4.57 Å². The van der Waals surface area contributed by atoms with Gasteiger partial charge in [-0.25, -0.2) is 9.18 Å². The summed E-state index contributed by atoms with van der Waals surface area (Å²) in [5, 5.41) is 0.880. The lowest BCUT2D eigenvalue weighted by Gasteiger charge is -2.37. The van der Waals surface area contributed by atoms with Crippen molar-refractivity contribution in [3.8, 4) is 0 Å². The third kappa shape index (κ3) is 1.64. The van der Waals surface area contributed by atoms with Crippen molar-refractivity contribution in [3.63, 3.8) is 0 Å². The molecule has 2 aromatic rings. The first-order chi connectivity index (χ1) is 9.07. The molecular formula is C15H15FN2O. The molecule has 4 heteroatoms. The maximum absolute atomic E-state index is 14.3. The number of isocyanates is 1. The van der Waals surface area contributed by atoms with Crippen LogP contribution >= 0.6 is 0 Å². The van der Waals surface area contributed by atoms with Gasteiger partial charge >= 0.3 is 0 Å². The molecule has 0 atom stereocenters. The van der Waals surface area contributed by atoms with Crippen molar-refractivity contribution < 1.29 is 9.18 Å². The Morgan fingerprint density at radius 1 is 1.37 bits per heavy atom. The number of aryl methyl sites for hydroxylation is 2. The Hall–Kier alpha value is -1.93. The number of carbonyl (C=O) groups excluding carboxylic acids is 1. The van der Waals surface area contributed by atoms with Gasteiger partial charge in [0, 0.05) is 29.2 Å². The van der Waals surface area contributed by atoms with Crippen LogP contribution < -0.4 is 0 Å². The van der Waals surface area contributed by atoms with Crippen LogP contribution in [0, 0.1) is 12.7 Å². The fraction of sp³-hybridized carbons (Fsp3) is 0.400. The third-order valence-electron chi connectivity index (χ3n) is 4.31. The molecule has 1 aliphatic rings. The highest BCUT2D eigenvalue weighted by molar-refractivity contribution is 5.82. The van der Waals surface area contributed by atoms with Crippen LogP contribution in [-0.4, -0.2) is 10.6 Å². The molecule has 0 aliphatic heterocycles. The van der Waals surface area contributed by atoms with Gasteiger partial charge in [0.2, 0.25) is 6.08 Å². The molecule has 0 unspecified atom stereocenters. The predicted octanol–water partition coefficient (Wildman–Crippen LogP) is 3.34. The number of fused-ring (bicyclic) bond motifs is 1. The molecule has 1 aromatic carbocycles. The topological polar surface area (TPSA) is 34.4 Å². The number of halogens is 1. The van der Waals surface area contributed by atoms with Crippen molar-refractivity contribution >= 4 is 17.0 Å². The van der Waals surface area contributed by atoms with Crippen LogP contribution in [0.25, 0.3) is 10.9 Å². The van der Waals surface area contributed by atoms with Gasteiger partial charge in [0.25, 0.3) is 0 Å². The first kappa shape index (κ1) is 12.1. The van der Waals surface area contributed by atoms with Gasteiger partial charge in [-0.15, -0.1) is 0 Å². The zero-order valence-corrected chi connectivity index (χ0v) is 11.0. The molecule has 1 heterocycles. The number of hydrogen-bond donors (Lipinski definition) is 0. The van der Waals surface area contributed by atoms with Gasteiger partial charge in [-0.05, 0) is 44.4 Å². The molecule has 3 nitrogen and oxygen atoms in total. The van der Waals surface area contributed by atoms with Gasteiger partial charge in [0.1, 0.15) is 11.4 Å². The summed E-state index contributed by atoms with van der Waals surface area (Å²) >= 11 is 0. The number of rotatable bonds is 2. The molecule has 98 valence electrons. The molecule has 1 fully saturated rings. The van der Waals surface area contributed by atoms with Crippen molar-refractivity contribution in [2.24, 2.45) is 12.0 Å². The van der Waals surface area contributed by atoms with Crippen LogP contribution in [0.1, 0.15) is 30.5 Å². The van der Waals surface area contributed by atoms with Crippen LogP contribution in [0.15, 0.2) is 23.2 Å². The van der Waals surface area contributed by atoms with E-state index in [1.807, 2.05) is 30.7 Å². The van der Waals surface area contributed by atoms with Gasteiger partial charge in [0.05, 0.1) is 0 Å². The van der Waals surface area contributed by atoms with Crippen LogP contribution in [0.5, 0.6) is 0 Å². The Morgan fingerprint density at radius 2 is 2.11 bits per heavy atom. The van der Waals surface area contributed by atoms with E-state index in [1.165, 1.54) is 6.07 Å². The van der Waals surface area contributed by atoms with E-state index in [-0.39, 0.29) is 5.82 Å². The highest BCUT2D eigenvalue weighted by Gasteiger charge is 2.41. The number of aromatic nitrogens is 1. The van der Waals surface area contributed by atoms with E-state index in [4.69, 9.17) is 0 Å². The average molecular weight is 258 g/mol. The largest absolute Gasteiger partial charge is 0.348 e. The molecule has 0 spiro atoms. The molecule has 3 rings (SSSR count). The Morgan fingerprint density at radius 3 is 2.68 bits per heavy atom. The molecule has 1 aliphatic carbocycles. The number of benzene rings is 1. The first-order valence-electron chi connectivity index (χ1n) is 6.42. The highest BCUT2D eigenvalue weighted by Crippen LogP contribution is 2.46. The third-order valence-corrected chi connectivity index (χ3v) is 4.31. The molecule has 0 amide bonds. The maximum Gasteiger partial charge on any atom is 0.235 e. The van der Waals surface area contributed by atoms with Crippen molar-refractivity contribution in [2.75, 3.05) is 0 Å². The minimum atomic E-state index is -0.682. The van der Waals surface area contributed by atoms with E-state index in [0.29, 0.717) is 18.4 Å². The lowest BCUT2D eigenvalue weighted by atomic mass is 9.72. The monoisotopic (exact) mass is 258 g/mol. The summed E-state index contributed by atoms with van der Waals surface area (Å²) in [6, 6.07) is 5.33. The Balaban J connectivity index is 2.26. The highest BCUT2D eigenvalue weighted by atomic mass is 19.1.